The number of thiophene rings is 1. The summed E-state index contributed by atoms with van der Waals surface area (Å²) >= 11 is 1.76. The van der Waals surface area contributed by atoms with Gasteiger partial charge in [-0.15, -0.1) is 11.3 Å². The minimum absolute atomic E-state index is 0.00998. The zero-order valence-corrected chi connectivity index (χ0v) is 22.8. The maximum Gasteiger partial charge on any atom is 0.243 e. The molecule has 38 heavy (non-hydrogen) atoms. The van der Waals surface area contributed by atoms with Crippen molar-refractivity contribution in [2.75, 3.05) is 13.1 Å². The third-order valence-corrected chi connectivity index (χ3v) is 8.62. The van der Waals surface area contributed by atoms with Crippen molar-refractivity contribution < 1.29 is 9.59 Å². The Kier molecular flexibility index (Phi) is 8.04. The Hall–Kier alpha value is -3.70. The quantitative estimate of drug-likeness (QED) is 0.259. The number of benzene rings is 3. The number of rotatable bonds is 8. The maximum absolute atomic E-state index is 14.3. The van der Waals surface area contributed by atoms with Crippen LogP contribution >= 0.6 is 11.3 Å². The Morgan fingerprint density at radius 1 is 0.895 bits per heavy atom. The SMILES string of the molecule is CCC(C)N(CC(=O)N1CCc2sccc2C1c1ccccc1)C(=O)C(c1ccccc1)c1ccccc1. The molecule has 4 nitrogen and oxygen atoms in total. The molecule has 194 valence electrons. The van der Waals surface area contributed by atoms with Gasteiger partial charge in [-0.25, -0.2) is 0 Å². The predicted octanol–water partition coefficient (Wildman–Crippen LogP) is 6.68. The summed E-state index contributed by atoms with van der Waals surface area (Å²) in [5, 5.41) is 2.12. The number of carbonyl (C=O) groups is 2. The van der Waals surface area contributed by atoms with E-state index < -0.39 is 5.92 Å². The van der Waals surface area contributed by atoms with Crippen LogP contribution < -0.4 is 0 Å². The molecular weight excluding hydrogens is 488 g/mol. The van der Waals surface area contributed by atoms with Gasteiger partial charge in [0.25, 0.3) is 0 Å². The van der Waals surface area contributed by atoms with Gasteiger partial charge in [-0.1, -0.05) is 97.9 Å². The van der Waals surface area contributed by atoms with E-state index in [1.807, 2.05) is 90.7 Å². The topological polar surface area (TPSA) is 40.6 Å². The lowest BCUT2D eigenvalue weighted by Crippen LogP contribution is -2.50. The lowest BCUT2D eigenvalue weighted by molar-refractivity contribution is -0.143. The Labute approximate surface area is 229 Å². The summed E-state index contributed by atoms with van der Waals surface area (Å²) < 4.78 is 0. The van der Waals surface area contributed by atoms with Crippen LogP contribution in [0, 0.1) is 0 Å². The van der Waals surface area contributed by atoms with Crippen LogP contribution in [0.1, 0.15) is 59.4 Å². The molecule has 2 heterocycles. The molecule has 0 saturated heterocycles. The third-order valence-electron chi connectivity index (χ3n) is 7.63. The molecule has 2 amide bonds. The van der Waals surface area contributed by atoms with Crippen molar-refractivity contribution in [1.29, 1.82) is 0 Å². The molecule has 0 aliphatic carbocycles. The minimum atomic E-state index is -0.464. The van der Waals surface area contributed by atoms with Gasteiger partial charge in [0.1, 0.15) is 6.54 Å². The molecule has 1 aliphatic rings. The van der Waals surface area contributed by atoms with Crippen molar-refractivity contribution in [1.82, 2.24) is 9.80 Å². The highest BCUT2D eigenvalue weighted by molar-refractivity contribution is 7.10. The highest BCUT2D eigenvalue weighted by atomic mass is 32.1. The summed E-state index contributed by atoms with van der Waals surface area (Å²) in [7, 11) is 0. The van der Waals surface area contributed by atoms with Crippen LogP contribution in [-0.2, 0) is 16.0 Å². The highest BCUT2D eigenvalue weighted by Gasteiger charge is 2.36. The summed E-state index contributed by atoms with van der Waals surface area (Å²) in [5.74, 6) is -0.507. The fourth-order valence-corrected chi connectivity index (χ4v) is 6.33. The first-order valence-electron chi connectivity index (χ1n) is 13.4. The van der Waals surface area contributed by atoms with E-state index in [-0.39, 0.29) is 30.4 Å². The van der Waals surface area contributed by atoms with Crippen LogP contribution in [-0.4, -0.2) is 40.7 Å². The van der Waals surface area contributed by atoms with Crippen molar-refractivity contribution >= 4 is 23.2 Å². The van der Waals surface area contributed by atoms with Gasteiger partial charge in [-0.05, 0) is 53.5 Å². The van der Waals surface area contributed by atoms with Crippen molar-refractivity contribution in [3.8, 4) is 0 Å². The van der Waals surface area contributed by atoms with Crippen LogP contribution in [0.15, 0.2) is 102 Å². The van der Waals surface area contributed by atoms with Gasteiger partial charge < -0.3 is 9.80 Å². The molecule has 4 aromatic rings. The summed E-state index contributed by atoms with van der Waals surface area (Å²) in [6.45, 7) is 4.82. The predicted molar refractivity (Wildman–Crippen MR) is 154 cm³/mol. The van der Waals surface area contributed by atoms with E-state index in [1.54, 1.807) is 16.2 Å². The number of fused-ring (bicyclic) bond motifs is 1. The zero-order valence-electron chi connectivity index (χ0n) is 22.0. The fourth-order valence-electron chi connectivity index (χ4n) is 5.42. The van der Waals surface area contributed by atoms with Crippen LogP contribution in [0.5, 0.6) is 0 Å². The van der Waals surface area contributed by atoms with Crippen LogP contribution in [0.4, 0.5) is 0 Å². The number of hydrogen-bond acceptors (Lipinski definition) is 3. The largest absolute Gasteiger partial charge is 0.330 e. The molecule has 2 atom stereocenters. The Morgan fingerprint density at radius 3 is 2.05 bits per heavy atom. The molecular formula is C33H34N2O2S. The fraction of sp³-hybridized carbons (Fsp3) is 0.273. The van der Waals surface area contributed by atoms with E-state index in [0.29, 0.717) is 6.54 Å². The van der Waals surface area contributed by atoms with Gasteiger partial charge in [-0.2, -0.15) is 0 Å². The van der Waals surface area contributed by atoms with Crippen molar-refractivity contribution in [3.63, 3.8) is 0 Å². The average molecular weight is 523 g/mol. The van der Waals surface area contributed by atoms with Crippen LogP contribution in [0.3, 0.4) is 0 Å². The van der Waals surface area contributed by atoms with Crippen molar-refractivity contribution in [2.45, 2.75) is 44.7 Å². The van der Waals surface area contributed by atoms with E-state index in [1.165, 1.54) is 10.4 Å². The van der Waals surface area contributed by atoms with E-state index in [4.69, 9.17) is 0 Å². The normalized spacial score (nSPS) is 15.7. The summed E-state index contributed by atoms with van der Waals surface area (Å²) in [4.78, 5) is 33.5. The van der Waals surface area contributed by atoms with E-state index >= 15 is 0 Å². The molecule has 1 aromatic heterocycles. The monoisotopic (exact) mass is 522 g/mol. The second kappa shape index (κ2) is 11.8. The number of hydrogen-bond donors (Lipinski definition) is 0. The van der Waals surface area contributed by atoms with E-state index in [0.717, 1.165) is 29.5 Å². The number of amides is 2. The van der Waals surface area contributed by atoms with Gasteiger partial charge in [0.2, 0.25) is 11.8 Å². The summed E-state index contributed by atoms with van der Waals surface area (Å²) in [6, 6.07) is 32.0. The first-order valence-corrected chi connectivity index (χ1v) is 14.3. The van der Waals surface area contributed by atoms with Gasteiger partial charge in [0.05, 0.1) is 12.0 Å². The average Bonchev–Trinajstić information content (AvgIpc) is 3.45. The highest BCUT2D eigenvalue weighted by Crippen LogP contribution is 2.38. The Balaban J connectivity index is 1.48. The number of nitrogens with zero attached hydrogens (tertiary/aromatic N) is 2. The lowest BCUT2D eigenvalue weighted by atomic mass is 9.89. The van der Waals surface area contributed by atoms with Crippen LogP contribution in [0.25, 0.3) is 0 Å². The molecule has 0 bridgehead atoms. The molecule has 3 aromatic carbocycles. The van der Waals surface area contributed by atoms with Crippen LogP contribution in [0.2, 0.25) is 0 Å². The molecule has 0 N–H and O–H groups in total. The van der Waals surface area contributed by atoms with E-state index in [2.05, 4.69) is 30.5 Å². The van der Waals surface area contributed by atoms with Crippen molar-refractivity contribution in [2.24, 2.45) is 0 Å². The first kappa shape index (κ1) is 25.9. The molecule has 2 unspecified atom stereocenters. The van der Waals surface area contributed by atoms with Gasteiger partial charge in [-0.3, -0.25) is 9.59 Å². The molecule has 0 saturated carbocycles. The van der Waals surface area contributed by atoms with Gasteiger partial charge in [0, 0.05) is 17.5 Å². The third kappa shape index (κ3) is 5.30. The Bertz CT molecular complexity index is 1310. The van der Waals surface area contributed by atoms with Gasteiger partial charge in [0.15, 0.2) is 0 Å². The minimum Gasteiger partial charge on any atom is -0.330 e. The van der Waals surface area contributed by atoms with Crippen molar-refractivity contribution in [3.05, 3.63) is 130 Å². The molecule has 5 rings (SSSR count). The maximum atomic E-state index is 14.3. The standard InChI is InChI=1S/C33H34N2O2S/c1-3-24(2)35(33(37)31(25-13-7-4-8-14-25)26-15-9-5-10-16-26)23-30(36)34-21-19-29-28(20-22-38-29)32(34)27-17-11-6-12-18-27/h4-18,20,22,24,31-32H,3,19,21,23H2,1-2H3. The molecule has 0 fully saturated rings. The summed E-state index contributed by atoms with van der Waals surface area (Å²) in [5.41, 5.74) is 4.18. The number of carbonyl (C=O) groups excluding carboxylic acids is 2. The second-order valence-electron chi connectivity index (χ2n) is 9.93. The molecule has 1 aliphatic heterocycles. The van der Waals surface area contributed by atoms with Gasteiger partial charge >= 0.3 is 0 Å². The lowest BCUT2D eigenvalue weighted by Gasteiger charge is -2.39. The first-order chi connectivity index (χ1) is 18.6. The molecule has 0 radical (unpaired) electrons. The smallest absolute Gasteiger partial charge is 0.243 e. The Morgan fingerprint density at radius 2 is 1.47 bits per heavy atom. The molecule has 0 spiro atoms. The summed E-state index contributed by atoms with van der Waals surface area (Å²) in [6.07, 6.45) is 1.61. The molecule has 5 heteroatoms. The second-order valence-corrected chi connectivity index (χ2v) is 10.9. The zero-order chi connectivity index (χ0) is 26.5. The van der Waals surface area contributed by atoms with E-state index in [9.17, 15) is 9.59 Å².